The highest BCUT2D eigenvalue weighted by Gasteiger charge is 2.39. The van der Waals surface area contributed by atoms with Gasteiger partial charge in [-0.1, -0.05) is 6.32 Å². The Labute approximate surface area is 131 Å². The molecule has 0 aromatic carbocycles. The van der Waals surface area contributed by atoms with Crippen LogP contribution < -0.4 is 0 Å². The van der Waals surface area contributed by atoms with Gasteiger partial charge < -0.3 is 0 Å². The standard InChI is InChI=1S/C5H19B12NS/c6-7-8-9-10-11-12-13-14-15-16-17-4-5(17)19-3-1-2-18/h5,7-16H,1,3-4,6H2. The van der Waals surface area contributed by atoms with Crippen LogP contribution in [0.5, 0.6) is 0 Å². The summed E-state index contributed by atoms with van der Waals surface area (Å²) in [6, 6.07) is 2.23. The first-order valence-electron chi connectivity index (χ1n) is 8.37. The summed E-state index contributed by atoms with van der Waals surface area (Å²) in [5, 5.41) is 9.40. The van der Waals surface area contributed by atoms with Crippen molar-refractivity contribution in [2.24, 2.45) is 0 Å². The Morgan fingerprint density at radius 2 is 1.74 bits per heavy atom. The SMILES string of the molecule is BBBBBBBBBBBB1CC1SCCC#N. The van der Waals surface area contributed by atoms with E-state index in [1.54, 1.807) is 0 Å². The van der Waals surface area contributed by atoms with E-state index in [9.17, 15) is 0 Å². The van der Waals surface area contributed by atoms with Crippen molar-refractivity contribution in [1.29, 1.82) is 5.26 Å². The maximum atomic E-state index is 8.49. The number of hydrogen-bond donors (Lipinski definition) is 0. The first-order chi connectivity index (χ1) is 9.38. The van der Waals surface area contributed by atoms with E-state index in [0.29, 0.717) is 0 Å². The zero-order valence-electron chi connectivity index (χ0n) is 12.7. The van der Waals surface area contributed by atoms with Gasteiger partial charge in [0.1, 0.15) is 6.60 Å². The topological polar surface area (TPSA) is 23.8 Å². The molecule has 14 heteroatoms. The first-order valence-corrected chi connectivity index (χ1v) is 9.42. The molecule has 1 heterocycles. The maximum Gasteiger partial charge on any atom is 0.111 e. The lowest BCUT2D eigenvalue weighted by Gasteiger charge is -1.95. The van der Waals surface area contributed by atoms with Crippen LogP contribution in [0, 0.1) is 11.3 Å². The molecule has 1 rings (SSSR count). The fourth-order valence-corrected chi connectivity index (χ4v) is 4.00. The van der Waals surface area contributed by atoms with E-state index in [4.69, 9.17) is 5.26 Å². The van der Waals surface area contributed by atoms with Crippen LogP contribution in [0.15, 0.2) is 0 Å². The van der Waals surface area contributed by atoms with Gasteiger partial charge in [-0.05, 0) is 5.15 Å². The van der Waals surface area contributed by atoms with Crippen molar-refractivity contribution in [1.82, 2.24) is 0 Å². The lowest BCUT2D eigenvalue weighted by Crippen LogP contribution is -2.34. The van der Waals surface area contributed by atoms with Crippen LogP contribution in [0.4, 0.5) is 0 Å². The van der Waals surface area contributed by atoms with Crippen molar-refractivity contribution in [2.45, 2.75) is 17.9 Å². The van der Waals surface area contributed by atoms with Crippen molar-refractivity contribution >= 4 is 96.7 Å². The fraction of sp³-hybridized carbons (Fsp3) is 0.800. The molecule has 86 valence electrons. The fourth-order valence-electron chi connectivity index (χ4n) is 2.70. The van der Waals surface area contributed by atoms with E-state index >= 15 is 0 Å². The monoisotopic (exact) mass is 257 g/mol. The van der Waals surface area contributed by atoms with E-state index in [2.05, 4.69) is 13.8 Å². The first kappa shape index (κ1) is 17.7. The Morgan fingerprint density at radius 3 is 2.37 bits per heavy atom. The maximum absolute atomic E-state index is 8.49. The second-order valence-electron chi connectivity index (χ2n) is 5.93. The molecule has 0 saturated carbocycles. The molecule has 1 unspecified atom stereocenters. The minimum absolute atomic E-state index is 0.728. The lowest BCUT2D eigenvalue weighted by molar-refractivity contribution is 1.24. The van der Waals surface area contributed by atoms with Gasteiger partial charge in [0.15, 0.2) is 0 Å². The molecule has 1 saturated heterocycles. The van der Waals surface area contributed by atoms with Crippen LogP contribution in [0.2, 0.25) is 6.32 Å². The molecule has 0 spiro atoms. The third-order valence-corrected chi connectivity index (χ3v) is 5.53. The van der Waals surface area contributed by atoms with Gasteiger partial charge in [-0.2, -0.15) is 17.0 Å². The zero-order valence-corrected chi connectivity index (χ0v) is 13.5. The minimum Gasteiger partial charge on any atom is -0.198 e. The molecule has 1 nitrogen and oxygen atoms in total. The summed E-state index contributed by atoms with van der Waals surface area (Å²) in [6.07, 6.45) is 2.15. The number of rotatable bonds is 13. The van der Waals surface area contributed by atoms with Crippen LogP contribution in [-0.4, -0.2) is 95.9 Å². The summed E-state index contributed by atoms with van der Waals surface area (Å²) >= 11 is 2.03. The molecule has 1 aliphatic rings. The normalized spacial score (nSPS) is 15.3. The van der Waals surface area contributed by atoms with Crippen molar-refractivity contribution in [2.75, 3.05) is 5.75 Å². The van der Waals surface area contributed by atoms with Gasteiger partial charge >= 0.3 is 0 Å². The second kappa shape index (κ2) is 12.4. The molecule has 0 aromatic heterocycles. The van der Waals surface area contributed by atoms with Gasteiger partial charge in [0, 0.05) is 75.7 Å². The second-order valence-corrected chi connectivity index (χ2v) is 7.28. The third-order valence-electron chi connectivity index (χ3n) is 4.08. The van der Waals surface area contributed by atoms with E-state index < -0.39 is 0 Å². The molecular weight excluding hydrogens is 236 g/mol. The molecule has 0 radical (unpaired) electrons. The smallest absolute Gasteiger partial charge is 0.111 e. The highest BCUT2D eigenvalue weighted by atomic mass is 32.2. The number of thioether (sulfide) groups is 1. The summed E-state index contributed by atoms with van der Waals surface area (Å²) in [4.78, 5) is 0. The molecular formula is C5H19B12NS. The van der Waals surface area contributed by atoms with Crippen molar-refractivity contribution in [3.05, 3.63) is 0 Å². The summed E-state index contributed by atoms with van der Waals surface area (Å²) in [5.74, 6) is 1.05. The van der Waals surface area contributed by atoms with Crippen molar-refractivity contribution in [3.8, 4) is 6.07 Å². The highest BCUT2D eigenvalue weighted by Crippen LogP contribution is 2.33. The average Bonchev–Trinajstić information content (AvgIpc) is 3.16. The summed E-state index contributed by atoms with van der Waals surface area (Å²) in [5.41, 5.74) is 0. The largest absolute Gasteiger partial charge is 0.198 e. The molecule has 0 aliphatic carbocycles. The van der Waals surface area contributed by atoms with Crippen molar-refractivity contribution < 1.29 is 0 Å². The van der Waals surface area contributed by atoms with Gasteiger partial charge in [-0.25, -0.2) is 0 Å². The Balaban J connectivity index is 1.74. The molecule has 19 heavy (non-hydrogen) atoms. The van der Waals surface area contributed by atoms with Crippen LogP contribution in [0.3, 0.4) is 0 Å². The minimum atomic E-state index is 0.728. The highest BCUT2D eigenvalue weighted by molar-refractivity contribution is 8.03. The van der Waals surface area contributed by atoms with Crippen LogP contribution in [0.25, 0.3) is 0 Å². The Kier molecular flexibility index (Phi) is 11.5. The number of nitrogens with zero attached hydrogens (tertiary/aromatic N) is 1. The van der Waals surface area contributed by atoms with Gasteiger partial charge in [0.25, 0.3) is 0 Å². The van der Waals surface area contributed by atoms with Crippen molar-refractivity contribution in [3.63, 3.8) is 0 Å². The van der Waals surface area contributed by atoms with E-state index in [1.807, 2.05) is 11.8 Å². The third kappa shape index (κ3) is 10.1. The molecule has 0 bridgehead atoms. The van der Waals surface area contributed by atoms with E-state index in [1.165, 1.54) is 76.9 Å². The quantitative estimate of drug-likeness (QED) is 0.241. The summed E-state index contributed by atoms with van der Waals surface area (Å²) < 4.78 is 0. The van der Waals surface area contributed by atoms with Crippen LogP contribution >= 0.6 is 11.8 Å². The summed E-state index contributed by atoms with van der Waals surface area (Å²) in [6.45, 7) is 0.994. The Morgan fingerprint density at radius 1 is 1.11 bits per heavy atom. The predicted molar refractivity (Wildman–Crippen MR) is 117 cm³/mol. The average molecular weight is 255 g/mol. The summed E-state index contributed by atoms with van der Waals surface area (Å²) in [7, 11) is 16.6. The van der Waals surface area contributed by atoms with Crippen LogP contribution in [0.1, 0.15) is 6.42 Å². The molecule has 1 aliphatic heterocycles. The van der Waals surface area contributed by atoms with Gasteiger partial charge in [-0.15, -0.1) is 0 Å². The molecule has 1 atom stereocenters. The van der Waals surface area contributed by atoms with E-state index in [0.717, 1.165) is 23.9 Å². The van der Waals surface area contributed by atoms with E-state index in [-0.39, 0.29) is 0 Å². The lowest BCUT2D eigenvalue weighted by atomic mass is 8.86. The predicted octanol–water partition coefficient (Wildman–Crippen LogP) is -6.31. The Hall–Kier alpha value is 0.619. The van der Waals surface area contributed by atoms with Crippen LogP contribution in [-0.2, 0) is 0 Å². The number of hydrogen-bond acceptors (Lipinski definition) is 2. The molecule has 1 fully saturated rings. The van der Waals surface area contributed by atoms with Gasteiger partial charge in [0.2, 0.25) is 0 Å². The molecule has 0 aromatic rings. The van der Waals surface area contributed by atoms with Gasteiger partial charge in [-0.3, -0.25) is 0 Å². The Bertz CT molecular complexity index is 261. The number of nitriles is 1. The van der Waals surface area contributed by atoms with Gasteiger partial charge in [0.05, 0.1) is 20.9 Å². The molecule has 0 N–H and O–H groups in total. The molecule has 0 amide bonds. The zero-order chi connectivity index (χ0) is 13.8.